The van der Waals surface area contributed by atoms with Gasteiger partial charge in [-0.3, -0.25) is 0 Å². The number of nitrogens with two attached hydrogens (primary N) is 1. The summed E-state index contributed by atoms with van der Waals surface area (Å²) in [6.45, 7) is 2.62. The average molecular weight is 320 g/mol. The molecular formula is C12H20N2O4S2. The molecule has 6 nitrogen and oxygen atoms in total. The van der Waals surface area contributed by atoms with Gasteiger partial charge in [-0.05, 0) is 32.0 Å². The summed E-state index contributed by atoms with van der Waals surface area (Å²) in [6.07, 6.45) is -0.00459. The first-order valence-electron chi connectivity index (χ1n) is 6.52. The van der Waals surface area contributed by atoms with Gasteiger partial charge < -0.3 is 15.6 Å². The average Bonchev–Trinajstić information content (AvgIpc) is 2.87. The van der Waals surface area contributed by atoms with E-state index in [-0.39, 0.29) is 19.3 Å². The van der Waals surface area contributed by atoms with E-state index < -0.39 is 16.1 Å². The predicted octanol–water partition coefficient (Wildman–Crippen LogP) is 0.0196. The van der Waals surface area contributed by atoms with Crippen molar-refractivity contribution in [1.29, 1.82) is 0 Å². The molecule has 1 aliphatic heterocycles. The van der Waals surface area contributed by atoms with Crippen molar-refractivity contribution in [2.45, 2.75) is 29.8 Å². The molecule has 0 saturated carbocycles. The number of hydrogen-bond donors (Lipinski definition) is 2. The van der Waals surface area contributed by atoms with Crippen LogP contribution in [0.15, 0.2) is 16.3 Å². The number of morpholine rings is 1. The minimum Gasteiger partial charge on any atom is -0.394 e. The fourth-order valence-electron chi connectivity index (χ4n) is 2.20. The molecule has 8 heteroatoms. The number of hydrogen-bond acceptors (Lipinski definition) is 6. The summed E-state index contributed by atoms with van der Waals surface area (Å²) < 4.78 is 32.3. The van der Waals surface area contributed by atoms with Crippen LogP contribution in [0, 0.1) is 0 Å². The summed E-state index contributed by atoms with van der Waals surface area (Å²) in [7, 11) is -3.52. The van der Waals surface area contributed by atoms with Crippen molar-refractivity contribution in [3.63, 3.8) is 0 Å². The molecule has 114 valence electrons. The second kappa shape index (κ2) is 6.50. The van der Waals surface area contributed by atoms with Crippen LogP contribution in [0.4, 0.5) is 0 Å². The Morgan fingerprint density at radius 2 is 2.25 bits per heavy atom. The van der Waals surface area contributed by atoms with Crippen LogP contribution in [0.5, 0.6) is 0 Å². The summed E-state index contributed by atoms with van der Waals surface area (Å²) in [5, 5.41) is 9.18. The molecule has 0 spiro atoms. The zero-order chi connectivity index (χ0) is 14.8. The van der Waals surface area contributed by atoms with Crippen LogP contribution in [-0.4, -0.2) is 56.3 Å². The normalized spacial score (nSPS) is 24.9. The lowest BCUT2D eigenvalue weighted by Gasteiger charge is -2.34. The van der Waals surface area contributed by atoms with Crippen LogP contribution >= 0.6 is 11.3 Å². The monoisotopic (exact) mass is 320 g/mol. The van der Waals surface area contributed by atoms with Gasteiger partial charge in [-0.25, -0.2) is 8.42 Å². The molecule has 2 unspecified atom stereocenters. The van der Waals surface area contributed by atoms with Gasteiger partial charge in [0.1, 0.15) is 4.21 Å². The Labute approximate surface area is 123 Å². The number of ether oxygens (including phenoxy) is 1. The minimum absolute atomic E-state index is 0.181. The largest absolute Gasteiger partial charge is 0.394 e. The van der Waals surface area contributed by atoms with E-state index in [2.05, 4.69) is 0 Å². The van der Waals surface area contributed by atoms with E-state index in [1.165, 1.54) is 15.6 Å². The van der Waals surface area contributed by atoms with Crippen molar-refractivity contribution in [2.75, 3.05) is 26.2 Å². The molecule has 1 aliphatic rings. The zero-order valence-corrected chi connectivity index (χ0v) is 13.0. The van der Waals surface area contributed by atoms with Gasteiger partial charge in [0.05, 0.1) is 18.8 Å². The molecular weight excluding hydrogens is 300 g/mol. The van der Waals surface area contributed by atoms with Crippen molar-refractivity contribution in [1.82, 2.24) is 4.31 Å². The molecule has 1 saturated heterocycles. The van der Waals surface area contributed by atoms with Crippen LogP contribution in [0.1, 0.15) is 11.8 Å². The third-order valence-electron chi connectivity index (χ3n) is 3.12. The van der Waals surface area contributed by atoms with E-state index in [1.807, 2.05) is 0 Å². The van der Waals surface area contributed by atoms with Crippen molar-refractivity contribution in [2.24, 2.45) is 5.73 Å². The van der Waals surface area contributed by atoms with E-state index in [0.29, 0.717) is 23.7 Å². The lowest BCUT2D eigenvalue weighted by atomic mass is 10.2. The van der Waals surface area contributed by atoms with E-state index in [9.17, 15) is 13.5 Å². The van der Waals surface area contributed by atoms with Gasteiger partial charge in [0, 0.05) is 18.0 Å². The molecule has 0 amide bonds. The standard InChI is InChI=1S/C12H20N2O4S2/c1-9-6-14(7-10(8-15)18-9)20(16,17)12-3-2-11(19-12)4-5-13/h2-3,9-10,15H,4-8,13H2,1H3. The first-order chi connectivity index (χ1) is 9.47. The fourth-order valence-corrected chi connectivity index (χ4v) is 5.27. The highest BCUT2D eigenvalue weighted by atomic mass is 32.2. The van der Waals surface area contributed by atoms with Gasteiger partial charge in [-0.2, -0.15) is 4.31 Å². The minimum atomic E-state index is -3.52. The highest BCUT2D eigenvalue weighted by Gasteiger charge is 2.34. The van der Waals surface area contributed by atoms with Gasteiger partial charge >= 0.3 is 0 Å². The molecule has 1 fully saturated rings. The molecule has 3 N–H and O–H groups in total. The number of rotatable bonds is 5. The van der Waals surface area contributed by atoms with Crippen LogP contribution in [0.2, 0.25) is 0 Å². The van der Waals surface area contributed by atoms with Crippen LogP contribution in [0.3, 0.4) is 0 Å². The van der Waals surface area contributed by atoms with E-state index in [4.69, 9.17) is 10.5 Å². The summed E-state index contributed by atoms with van der Waals surface area (Å²) in [5.41, 5.74) is 5.48. The lowest BCUT2D eigenvalue weighted by Crippen LogP contribution is -2.50. The Kier molecular flexibility index (Phi) is 5.16. The molecule has 1 aromatic heterocycles. The molecule has 1 aromatic rings. The molecule has 20 heavy (non-hydrogen) atoms. The summed E-state index contributed by atoms with van der Waals surface area (Å²) in [4.78, 5) is 0.964. The number of aliphatic hydroxyl groups is 1. The first-order valence-corrected chi connectivity index (χ1v) is 8.78. The molecule has 2 atom stereocenters. The van der Waals surface area contributed by atoms with Crippen LogP contribution in [-0.2, 0) is 21.2 Å². The molecule has 0 aliphatic carbocycles. The van der Waals surface area contributed by atoms with Crippen LogP contribution < -0.4 is 5.73 Å². The lowest BCUT2D eigenvalue weighted by molar-refractivity contribution is -0.0750. The molecule has 2 heterocycles. The Morgan fingerprint density at radius 3 is 2.90 bits per heavy atom. The maximum atomic E-state index is 12.6. The van der Waals surface area contributed by atoms with Gasteiger partial charge in [0.25, 0.3) is 10.0 Å². The van der Waals surface area contributed by atoms with Gasteiger partial charge in [0.15, 0.2) is 0 Å². The molecule has 2 rings (SSSR count). The van der Waals surface area contributed by atoms with E-state index >= 15 is 0 Å². The van der Waals surface area contributed by atoms with Crippen molar-refractivity contribution in [3.05, 3.63) is 17.0 Å². The topological polar surface area (TPSA) is 92.9 Å². The molecule has 0 bridgehead atoms. The number of thiophene rings is 1. The Morgan fingerprint density at radius 1 is 1.50 bits per heavy atom. The van der Waals surface area contributed by atoms with Crippen molar-refractivity contribution < 1.29 is 18.3 Å². The summed E-state index contributed by atoms with van der Waals surface area (Å²) in [6, 6.07) is 3.43. The summed E-state index contributed by atoms with van der Waals surface area (Å²) >= 11 is 1.26. The number of nitrogens with zero attached hydrogens (tertiary/aromatic N) is 1. The molecule has 0 radical (unpaired) electrons. The maximum absolute atomic E-state index is 12.6. The summed E-state index contributed by atoms with van der Waals surface area (Å²) in [5.74, 6) is 0. The van der Waals surface area contributed by atoms with Crippen molar-refractivity contribution in [3.8, 4) is 0 Å². The second-order valence-electron chi connectivity index (χ2n) is 4.83. The van der Waals surface area contributed by atoms with E-state index in [1.54, 1.807) is 19.1 Å². The Bertz CT molecular complexity index is 543. The highest BCUT2D eigenvalue weighted by Crippen LogP contribution is 2.27. The maximum Gasteiger partial charge on any atom is 0.252 e. The smallest absolute Gasteiger partial charge is 0.252 e. The fraction of sp³-hybridized carbons (Fsp3) is 0.667. The van der Waals surface area contributed by atoms with E-state index in [0.717, 1.165) is 4.88 Å². The van der Waals surface area contributed by atoms with Crippen molar-refractivity contribution >= 4 is 21.4 Å². The van der Waals surface area contributed by atoms with Gasteiger partial charge in [-0.15, -0.1) is 11.3 Å². The third-order valence-corrected chi connectivity index (χ3v) is 6.56. The highest BCUT2D eigenvalue weighted by molar-refractivity contribution is 7.91. The molecule has 0 aromatic carbocycles. The number of sulfonamides is 1. The SMILES string of the molecule is CC1CN(S(=O)(=O)c2ccc(CCN)s2)CC(CO)O1. The number of aliphatic hydroxyl groups excluding tert-OH is 1. The second-order valence-corrected chi connectivity index (χ2v) is 8.17. The quantitative estimate of drug-likeness (QED) is 0.798. The Hall–Kier alpha value is -0.510. The van der Waals surface area contributed by atoms with Gasteiger partial charge in [-0.1, -0.05) is 0 Å². The van der Waals surface area contributed by atoms with Gasteiger partial charge in [0.2, 0.25) is 0 Å². The zero-order valence-electron chi connectivity index (χ0n) is 11.4. The Balaban J connectivity index is 2.19. The first kappa shape index (κ1) is 15.9. The predicted molar refractivity (Wildman–Crippen MR) is 77.3 cm³/mol. The van der Waals surface area contributed by atoms with Crippen LogP contribution in [0.25, 0.3) is 0 Å². The third kappa shape index (κ3) is 3.38.